The molecule has 1 N–H and O–H groups in total. The van der Waals surface area contributed by atoms with Gasteiger partial charge in [0, 0.05) is 6.26 Å². The minimum atomic E-state index is -3.70. The highest BCUT2D eigenvalue weighted by Gasteiger charge is 2.41. The molecule has 2 aromatic carbocycles. The normalized spacial score (nSPS) is 16.8. The summed E-state index contributed by atoms with van der Waals surface area (Å²) >= 11 is 0.751. The van der Waals surface area contributed by atoms with E-state index in [1.165, 1.54) is 6.08 Å². The van der Waals surface area contributed by atoms with Gasteiger partial charge in [-0.2, -0.15) is 9.39 Å². The highest BCUT2D eigenvalue weighted by molar-refractivity contribution is 8.16. The molecule has 2 aliphatic heterocycles. The van der Waals surface area contributed by atoms with Crippen molar-refractivity contribution < 1.29 is 27.4 Å². The third kappa shape index (κ3) is 4.97. The van der Waals surface area contributed by atoms with Crippen molar-refractivity contribution in [3.8, 4) is 17.2 Å². The van der Waals surface area contributed by atoms with Crippen LogP contribution in [0, 0.1) is 5.41 Å². The lowest BCUT2D eigenvalue weighted by Gasteiger charge is -2.23. The number of hydrogen-bond acceptors (Lipinski definition) is 9. The molecule has 2 heterocycles. The predicted molar refractivity (Wildman–Crippen MR) is 130 cm³/mol. The Morgan fingerprint density at radius 3 is 2.41 bits per heavy atom. The Morgan fingerprint density at radius 2 is 1.74 bits per heavy atom. The molecule has 10 nitrogen and oxygen atoms in total. The summed E-state index contributed by atoms with van der Waals surface area (Å²) in [4.78, 5) is 17.4. The van der Waals surface area contributed by atoms with E-state index in [4.69, 9.17) is 19.6 Å². The smallest absolute Gasteiger partial charge is 0.283 e. The van der Waals surface area contributed by atoms with Crippen LogP contribution in [0.3, 0.4) is 0 Å². The van der Waals surface area contributed by atoms with Gasteiger partial charge in [-0.05, 0) is 35.9 Å². The van der Waals surface area contributed by atoms with Gasteiger partial charge in [0.25, 0.3) is 5.91 Å². The number of para-hydroxylation sites is 2. The molecule has 0 aromatic heterocycles. The molecule has 0 spiro atoms. The van der Waals surface area contributed by atoms with E-state index in [0.717, 1.165) is 23.1 Å². The number of sulfone groups is 1. The molecule has 0 bridgehead atoms. The number of methoxy groups -OCH3 is 1. The van der Waals surface area contributed by atoms with E-state index in [0.29, 0.717) is 36.0 Å². The molecule has 176 valence electrons. The number of fused-ring (bicyclic) bond motifs is 1. The molecule has 2 aromatic rings. The van der Waals surface area contributed by atoms with E-state index in [1.54, 1.807) is 31.4 Å². The Hall–Kier alpha value is -3.64. The maximum atomic E-state index is 12.4. The first-order valence-electron chi connectivity index (χ1n) is 9.95. The molecular formula is C22H20N4O6S2. The van der Waals surface area contributed by atoms with Gasteiger partial charge in [-0.1, -0.05) is 24.3 Å². The first-order chi connectivity index (χ1) is 16.3. The van der Waals surface area contributed by atoms with Crippen LogP contribution in [0.25, 0.3) is 6.08 Å². The molecule has 0 aliphatic carbocycles. The fourth-order valence-electron chi connectivity index (χ4n) is 3.11. The number of hydrogen-bond donors (Lipinski definition) is 1. The van der Waals surface area contributed by atoms with Crippen molar-refractivity contribution in [3.63, 3.8) is 0 Å². The number of nitrogens with zero attached hydrogens (tertiary/aromatic N) is 3. The van der Waals surface area contributed by atoms with E-state index in [2.05, 4.69) is 9.39 Å². The Balaban J connectivity index is 1.40. The lowest BCUT2D eigenvalue weighted by Crippen LogP contribution is -2.45. The fraction of sp³-hybridized carbons (Fsp3) is 0.182. The molecule has 12 heteroatoms. The maximum Gasteiger partial charge on any atom is 0.283 e. The topological polar surface area (TPSA) is 131 Å². The third-order valence-electron chi connectivity index (χ3n) is 4.70. The zero-order valence-corrected chi connectivity index (χ0v) is 19.9. The van der Waals surface area contributed by atoms with Crippen LogP contribution in [-0.2, 0) is 14.6 Å². The standard InChI is InChI=1S/C22H20N4O6S2/c1-30-17-5-3-4-6-18(17)32-12-11-31-15-9-7-14(8-10-15)13-16-19(23)26-21(24-20(16)27)33-25-22(26)34(2,28)29/h3-10,13,23H,11-12H2,1-2H3/b16-13-,23-19?. The third-order valence-corrected chi connectivity index (χ3v) is 6.45. The summed E-state index contributed by atoms with van der Waals surface area (Å²) in [5.41, 5.74) is 0.579. The number of benzene rings is 2. The molecule has 0 saturated carbocycles. The van der Waals surface area contributed by atoms with Crippen molar-refractivity contribution in [2.75, 3.05) is 26.6 Å². The van der Waals surface area contributed by atoms with E-state index < -0.39 is 15.7 Å². The molecule has 34 heavy (non-hydrogen) atoms. The van der Waals surface area contributed by atoms with Crippen molar-refractivity contribution in [2.24, 2.45) is 9.39 Å². The van der Waals surface area contributed by atoms with Gasteiger partial charge in [-0.3, -0.25) is 10.2 Å². The second-order valence-corrected chi connectivity index (χ2v) is 9.74. The van der Waals surface area contributed by atoms with Gasteiger partial charge in [0.15, 0.2) is 11.5 Å². The maximum absolute atomic E-state index is 12.4. The first-order valence-corrected chi connectivity index (χ1v) is 12.6. The van der Waals surface area contributed by atoms with Crippen molar-refractivity contribution in [2.45, 2.75) is 0 Å². The van der Waals surface area contributed by atoms with Crippen molar-refractivity contribution in [1.82, 2.24) is 4.90 Å². The van der Waals surface area contributed by atoms with Gasteiger partial charge in [-0.15, -0.1) is 0 Å². The second-order valence-electron chi connectivity index (χ2n) is 7.10. The van der Waals surface area contributed by atoms with Crippen LogP contribution in [0.1, 0.15) is 5.56 Å². The molecule has 0 atom stereocenters. The number of aliphatic imine (C=N–C) groups is 1. The summed E-state index contributed by atoms with van der Waals surface area (Å²) in [6.45, 7) is 0.621. The first kappa shape index (κ1) is 23.5. The van der Waals surface area contributed by atoms with Gasteiger partial charge in [-0.25, -0.2) is 13.3 Å². The summed E-state index contributed by atoms with van der Waals surface area (Å²) in [6.07, 6.45) is 2.46. The SMILES string of the molecule is COc1ccccc1OCCOc1ccc(/C=C2/C(=N)N3C(=NC2=O)SN=C3S(C)(=O)=O)cc1. The zero-order valence-electron chi connectivity index (χ0n) is 18.2. The largest absolute Gasteiger partial charge is 0.493 e. The van der Waals surface area contributed by atoms with Crippen LogP contribution in [-0.4, -0.2) is 62.0 Å². The van der Waals surface area contributed by atoms with E-state index >= 15 is 0 Å². The van der Waals surface area contributed by atoms with Crippen LogP contribution < -0.4 is 14.2 Å². The number of amidine groups is 3. The lowest BCUT2D eigenvalue weighted by atomic mass is 10.1. The predicted octanol–water partition coefficient (Wildman–Crippen LogP) is 2.77. The van der Waals surface area contributed by atoms with E-state index in [1.807, 2.05) is 24.3 Å². The summed E-state index contributed by atoms with van der Waals surface area (Å²) in [7, 11) is -2.12. The van der Waals surface area contributed by atoms with Crippen LogP contribution in [0.4, 0.5) is 0 Å². The van der Waals surface area contributed by atoms with Crippen LogP contribution in [0.15, 0.2) is 63.5 Å². The quantitative estimate of drug-likeness (QED) is 0.349. The number of rotatable bonds is 7. The number of carbonyl (C=O) groups excluding carboxylic acids is 1. The molecular weight excluding hydrogens is 480 g/mol. The van der Waals surface area contributed by atoms with Gasteiger partial charge in [0.05, 0.1) is 24.6 Å². The number of nitrogens with one attached hydrogen (secondary N) is 1. The summed E-state index contributed by atoms with van der Waals surface area (Å²) in [5, 5.41) is 8.10. The average Bonchev–Trinajstić information content (AvgIpc) is 3.25. The fourth-order valence-corrected chi connectivity index (χ4v) is 4.96. The molecule has 1 amide bonds. The second kappa shape index (κ2) is 9.69. The van der Waals surface area contributed by atoms with Crippen molar-refractivity contribution in [1.29, 1.82) is 5.41 Å². The van der Waals surface area contributed by atoms with E-state index in [-0.39, 0.29) is 21.7 Å². The van der Waals surface area contributed by atoms with Crippen LogP contribution >= 0.6 is 11.9 Å². The van der Waals surface area contributed by atoms with Gasteiger partial charge < -0.3 is 14.2 Å². The Morgan fingerprint density at radius 1 is 1.06 bits per heavy atom. The Kier molecular flexibility index (Phi) is 6.70. The van der Waals surface area contributed by atoms with Gasteiger partial charge >= 0.3 is 0 Å². The average molecular weight is 501 g/mol. The molecule has 0 radical (unpaired) electrons. The Bertz CT molecular complexity index is 1330. The molecule has 0 unspecified atom stereocenters. The summed E-state index contributed by atoms with van der Waals surface area (Å²) in [6, 6.07) is 14.2. The van der Waals surface area contributed by atoms with E-state index in [9.17, 15) is 13.2 Å². The number of carbonyl (C=O) groups is 1. The van der Waals surface area contributed by atoms with Gasteiger partial charge in [0.1, 0.15) is 24.8 Å². The monoisotopic (exact) mass is 500 g/mol. The minimum Gasteiger partial charge on any atom is -0.493 e. The lowest BCUT2D eigenvalue weighted by molar-refractivity contribution is -0.114. The summed E-state index contributed by atoms with van der Waals surface area (Å²) < 4.78 is 44.4. The number of ether oxygens (including phenoxy) is 3. The van der Waals surface area contributed by atoms with Crippen molar-refractivity contribution in [3.05, 3.63) is 59.7 Å². The highest BCUT2D eigenvalue weighted by atomic mass is 32.2. The van der Waals surface area contributed by atoms with Crippen LogP contribution in [0.2, 0.25) is 0 Å². The van der Waals surface area contributed by atoms with Gasteiger partial charge in [0.2, 0.25) is 20.2 Å². The zero-order chi connectivity index (χ0) is 24.3. The van der Waals surface area contributed by atoms with Crippen molar-refractivity contribution >= 4 is 49.9 Å². The Labute approximate surface area is 200 Å². The molecule has 0 fully saturated rings. The van der Waals surface area contributed by atoms with Crippen LogP contribution in [0.5, 0.6) is 17.2 Å². The number of amides is 1. The highest BCUT2D eigenvalue weighted by Crippen LogP contribution is 2.30. The molecule has 0 saturated heterocycles. The molecule has 2 aliphatic rings. The summed E-state index contributed by atoms with van der Waals surface area (Å²) in [5.74, 6) is 0.933. The minimum absolute atomic E-state index is 0.0403. The molecule has 4 rings (SSSR count).